The normalized spacial score (nSPS) is 21.9. The molecule has 1 aromatic carbocycles. The number of hydrogen-bond acceptors (Lipinski definition) is 4. The van der Waals surface area contributed by atoms with Crippen LogP contribution in [0.3, 0.4) is 0 Å². The van der Waals surface area contributed by atoms with E-state index in [0.29, 0.717) is 31.5 Å². The standard InChI is InChI=1S/C15H15F3N4/c16-11-7-13(18)12(17)6-10(11)9-2-5-22(8-14(9)19)15-20-3-1-4-21-15/h1,3-4,6-7,9,14H,2,5,8,19H2/t9?,14-/m0/s1. The van der Waals surface area contributed by atoms with Crippen LogP contribution in [-0.2, 0) is 0 Å². The van der Waals surface area contributed by atoms with Crippen LogP contribution in [-0.4, -0.2) is 29.1 Å². The highest BCUT2D eigenvalue weighted by Gasteiger charge is 2.31. The Balaban J connectivity index is 1.80. The van der Waals surface area contributed by atoms with Gasteiger partial charge in [0.05, 0.1) is 0 Å². The smallest absolute Gasteiger partial charge is 0.225 e. The number of aromatic nitrogens is 2. The van der Waals surface area contributed by atoms with Crippen LogP contribution in [0.25, 0.3) is 0 Å². The zero-order valence-electron chi connectivity index (χ0n) is 11.7. The molecule has 0 aliphatic carbocycles. The molecule has 0 saturated carbocycles. The Morgan fingerprint density at radius 2 is 1.73 bits per heavy atom. The second-order valence-electron chi connectivity index (χ2n) is 5.34. The molecule has 1 saturated heterocycles. The molecule has 7 heteroatoms. The van der Waals surface area contributed by atoms with Gasteiger partial charge in [-0.1, -0.05) is 0 Å². The van der Waals surface area contributed by atoms with E-state index in [1.807, 2.05) is 4.90 Å². The van der Waals surface area contributed by atoms with Gasteiger partial charge in [0.15, 0.2) is 11.6 Å². The number of nitrogens with zero attached hydrogens (tertiary/aromatic N) is 3. The molecule has 0 radical (unpaired) electrons. The van der Waals surface area contributed by atoms with E-state index in [1.54, 1.807) is 18.5 Å². The van der Waals surface area contributed by atoms with E-state index >= 15 is 0 Å². The molecule has 0 spiro atoms. The summed E-state index contributed by atoms with van der Waals surface area (Å²) in [5.74, 6) is -2.82. The zero-order chi connectivity index (χ0) is 15.7. The van der Waals surface area contributed by atoms with E-state index in [4.69, 9.17) is 5.73 Å². The molecule has 1 aliphatic heterocycles. The van der Waals surface area contributed by atoms with Gasteiger partial charge in [0, 0.05) is 43.5 Å². The largest absolute Gasteiger partial charge is 0.339 e. The number of benzene rings is 1. The molecule has 4 nitrogen and oxygen atoms in total. The molecular formula is C15H15F3N4. The lowest BCUT2D eigenvalue weighted by atomic mass is 9.85. The molecule has 116 valence electrons. The van der Waals surface area contributed by atoms with Crippen LogP contribution in [0.15, 0.2) is 30.6 Å². The van der Waals surface area contributed by atoms with Gasteiger partial charge < -0.3 is 10.6 Å². The molecule has 22 heavy (non-hydrogen) atoms. The minimum atomic E-state index is -1.19. The highest BCUT2D eigenvalue weighted by Crippen LogP contribution is 2.31. The summed E-state index contributed by atoms with van der Waals surface area (Å²) in [6.07, 6.45) is 3.78. The Hall–Kier alpha value is -2.15. The van der Waals surface area contributed by atoms with E-state index < -0.39 is 23.5 Å². The average molecular weight is 308 g/mol. The van der Waals surface area contributed by atoms with Crippen molar-refractivity contribution in [2.24, 2.45) is 5.73 Å². The van der Waals surface area contributed by atoms with Crippen molar-refractivity contribution in [3.63, 3.8) is 0 Å². The number of nitrogens with two attached hydrogens (primary N) is 1. The van der Waals surface area contributed by atoms with Crippen LogP contribution < -0.4 is 10.6 Å². The fraction of sp³-hybridized carbons (Fsp3) is 0.333. The molecule has 1 aromatic heterocycles. The Morgan fingerprint density at radius 3 is 2.41 bits per heavy atom. The van der Waals surface area contributed by atoms with E-state index in [-0.39, 0.29) is 11.5 Å². The van der Waals surface area contributed by atoms with Gasteiger partial charge in [-0.3, -0.25) is 0 Å². The first-order chi connectivity index (χ1) is 10.6. The van der Waals surface area contributed by atoms with Crippen molar-refractivity contribution in [3.8, 4) is 0 Å². The predicted molar refractivity (Wildman–Crippen MR) is 75.9 cm³/mol. The van der Waals surface area contributed by atoms with E-state index in [1.165, 1.54) is 0 Å². The summed E-state index contributed by atoms with van der Waals surface area (Å²) in [6, 6.07) is 2.78. The van der Waals surface area contributed by atoms with E-state index in [2.05, 4.69) is 9.97 Å². The number of hydrogen-bond donors (Lipinski definition) is 1. The third kappa shape index (κ3) is 2.76. The number of anilines is 1. The Morgan fingerprint density at radius 1 is 1.05 bits per heavy atom. The first-order valence-corrected chi connectivity index (χ1v) is 6.98. The minimum absolute atomic E-state index is 0.125. The summed E-state index contributed by atoms with van der Waals surface area (Å²) in [6.45, 7) is 0.994. The molecule has 3 rings (SSSR count). The monoisotopic (exact) mass is 308 g/mol. The second kappa shape index (κ2) is 5.92. The highest BCUT2D eigenvalue weighted by molar-refractivity contribution is 5.34. The van der Waals surface area contributed by atoms with Crippen molar-refractivity contribution in [1.29, 1.82) is 0 Å². The quantitative estimate of drug-likeness (QED) is 0.864. The maximum absolute atomic E-state index is 13.9. The zero-order valence-corrected chi connectivity index (χ0v) is 11.7. The Kier molecular flexibility index (Phi) is 3.98. The van der Waals surface area contributed by atoms with Crippen LogP contribution >= 0.6 is 0 Å². The van der Waals surface area contributed by atoms with Crippen molar-refractivity contribution in [1.82, 2.24) is 9.97 Å². The van der Waals surface area contributed by atoms with Gasteiger partial charge in [0.1, 0.15) is 5.82 Å². The van der Waals surface area contributed by atoms with Gasteiger partial charge in [-0.2, -0.15) is 0 Å². The van der Waals surface area contributed by atoms with Gasteiger partial charge in [-0.05, 0) is 24.1 Å². The molecule has 1 fully saturated rings. The van der Waals surface area contributed by atoms with Crippen molar-refractivity contribution in [3.05, 3.63) is 53.6 Å². The molecule has 1 aliphatic rings. The molecule has 0 bridgehead atoms. The average Bonchev–Trinajstić information content (AvgIpc) is 2.52. The van der Waals surface area contributed by atoms with Crippen LogP contribution in [0.2, 0.25) is 0 Å². The lowest BCUT2D eigenvalue weighted by molar-refractivity contribution is 0.414. The Bertz CT molecular complexity index is 665. The summed E-state index contributed by atoms with van der Waals surface area (Å²) in [5.41, 5.74) is 6.24. The molecule has 0 amide bonds. The SMILES string of the molecule is N[C@H]1CN(c2ncccn2)CCC1c1cc(F)c(F)cc1F. The molecule has 2 aromatic rings. The van der Waals surface area contributed by atoms with Crippen LogP contribution in [0, 0.1) is 17.5 Å². The fourth-order valence-corrected chi connectivity index (χ4v) is 2.83. The lowest BCUT2D eigenvalue weighted by Gasteiger charge is -2.37. The van der Waals surface area contributed by atoms with Crippen molar-refractivity contribution in [2.75, 3.05) is 18.0 Å². The van der Waals surface area contributed by atoms with Crippen LogP contribution in [0.1, 0.15) is 17.9 Å². The van der Waals surface area contributed by atoms with E-state index in [9.17, 15) is 13.2 Å². The highest BCUT2D eigenvalue weighted by atomic mass is 19.2. The molecule has 2 atom stereocenters. The van der Waals surface area contributed by atoms with Crippen molar-refractivity contribution in [2.45, 2.75) is 18.4 Å². The van der Waals surface area contributed by atoms with Crippen LogP contribution in [0.4, 0.5) is 19.1 Å². The maximum atomic E-state index is 13.9. The summed E-state index contributed by atoms with van der Waals surface area (Å²) < 4.78 is 40.3. The first kappa shape index (κ1) is 14.8. The predicted octanol–water partition coefficient (Wildman–Crippen LogP) is 2.22. The van der Waals surface area contributed by atoms with Gasteiger partial charge in [-0.25, -0.2) is 23.1 Å². The van der Waals surface area contributed by atoms with Gasteiger partial charge >= 0.3 is 0 Å². The molecule has 1 unspecified atom stereocenters. The summed E-state index contributed by atoms with van der Waals surface area (Å²) in [7, 11) is 0. The number of rotatable bonds is 2. The lowest BCUT2D eigenvalue weighted by Crippen LogP contribution is -2.48. The topological polar surface area (TPSA) is 55.0 Å². The summed E-state index contributed by atoms with van der Waals surface area (Å²) in [5, 5.41) is 0. The molecule has 2 heterocycles. The summed E-state index contributed by atoms with van der Waals surface area (Å²) in [4.78, 5) is 10.2. The van der Waals surface area contributed by atoms with Gasteiger partial charge in [-0.15, -0.1) is 0 Å². The van der Waals surface area contributed by atoms with E-state index in [0.717, 1.165) is 6.07 Å². The van der Waals surface area contributed by atoms with Crippen LogP contribution in [0.5, 0.6) is 0 Å². The second-order valence-corrected chi connectivity index (χ2v) is 5.34. The third-order valence-corrected chi connectivity index (χ3v) is 3.93. The fourth-order valence-electron chi connectivity index (χ4n) is 2.83. The van der Waals surface area contributed by atoms with Crippen molar-refractivity contribution < 1.29 is 13.2 Å². The van der Waals surface area contributed by atoms with Gasteiger partial charge in [0.2, 0.25) is 5.95 Å². The molecule has 2 N–H and O–H groups in total. The number of piperidine rings is 1. The number of halogens is 3. The maximum Gasteiger partial charge on any atom is 0.225 e. The van der Waals surface area contributed by atoms with Crippen molar-refractivity contribution >= 4 is 5.95 Å². The summed E-state index contributed by atoms with van der Waals surface area (Å²) >= 11 is 0. The Labute approximate surface area is 125 Å². The first-order valence-electron chi connectivity index (χ1n) is 6.98. The minimum Gasteiger partial charge on any atom is -0.339 e. The molecular weight excluding hydrogens is 293 g/mol. The third-order valence-electron chi connectivity index (χ3n) is 3.93. The van der Waals surface area contributed by atoms with Gasteiger partial charge in [0.25, 0.3) is 0 Å².